The second-order valence-corrected chi connectivity index (χ2v) is 7.71. The average Bonchev–Trinajstić information content (AvgIpc) is 3.06. The molecular weight excluding hydrogens is 398 g/mol. The lowest BCUT2D eigenvalue weighted by molar-refractivity contribution is -0.123. The van der Waals surface area contributed by atoms with Crippen molar-refractivity contribution in [2.45, 2.75) is 32.4 Å². The minimum absolute atomic E-state index is 0.148. The van der Waals surface area contributed by atoms with Crippen LogP contribution in [0, 0.1) is 0 Å². The summed E-state index contributed by atoms with van der Waals surface area (Å²) in [7, 11) is 3.21. The summed E-state index contributed by atoms with van der Waals surface area (Å²) in [5.74, 6) is 0.718. The van der Waals surface area contributed by atoms with Crippen molar-refractivity contribution in [1.82, 2.24) is 4.90 Å². The normalized spacial score (nSPS) is 18.7. The van der Waals surface area contributed by atoms with E-state index in [0.717, 1.165) is 17.5 Å². The van der Waals surface area contributed by atoms with Gasteiger partial charge in [0.05, 0.1) is 32.4 Å². The highest BCUT2D eigenvalue weighted by Gasteiger charge is 2.43. The van der Waals surface area contributed by atoms with Gasteiger partial charge in [-0.2, -0.15) is 0 Å². The second kappa shape index (κ2) is 8.39. The Labute approximate surface area is 180 Å². The van der Waals surface area contributed by atoms with E-state index < -0.39 is 6.04 Å². The number of anilines is 2. The van der Waals surface area contributed by atoms with E-state index in [1.807, 2.05) is 12.1 Å². The monoisotopic (exact) mass is 423 g/mol. The summed E-state index contributed by atoms with van der Waals surface area (Å²) < 4.78 is 10.8. The highest BCUT2D eigenvalue weighted by molar-refractivity contribution is 6.22. The molecule has 2 aromatic rings. The first-order valence-corrected chi connectivity index (χ1v) is 10.1. The highest BCUT2D eigenvalue weighted by atomic mass is 16.5. The van der Waals surface area contributed by atoms with Gasteiger partial charge in [-0.25, -0.2) is 4.90 Å². The van der Waals surface area contributed by atoms with Crippen LogP contribution in [-0.4, -0.2) is 49.4 Å². The van der Waals surface area contributed by atoms with Crippen molar-refractivity contribution in [3.8, 4) is 11.5 Å². The molecule has 0 bridgehead atoms. The van der Waals surface area contributed by atoms with Crippen molar-refractivity contribution in [3.05, 3.63) is 47.5 Å². The predicted octanol–water partition coefficient (Wildman–Crippen LogP) is 2.35. The Morgan fingerprint density at radius 3 is 2.29 bits per heavy atom. The third-order valence-corrected chi connectivity index (χ3v) is 5.76. The molecule has 0 unspecified atom stereocenters. The molecule has 4 rings (SSSR count). The van der Waals surface area contributed by atoms with Crippen LogP contribution in [0.25, 0.3) is 0 Å². The Hall–Kier alpha value is -3.39. The summed E-state index contributed by atoms with van der Waals surface area (Å²) in [4.78, 5) is 40.4. The molecule has 0 aromatic heterocycles. The van der Waals surface area contributed by atoms with Gasteiger partial charge in [-0.05, 0) is 53.9 Å². The van der Waals surface area contributed by atoms with Gasteiger partial charge in [-0.1, -0.05) is 0 Å². The van der Waals surface area contributed by atoms with E-state index in [9.17, 15) is 14.4 Å². The van der Waals surface area contributed by atoms with Crippen molar-refractivity contribution in [2.75, 3.05) is 31.0 Å². The van der Waals surface area contributed by atoms with Crippen LogP contribution in [0.2, 0.25) is 0 Å². The quantitative estimate of drug-likeness (QED) is 0.743. The fourth-order valence-electron chi connectivity index (χ4n) is 4.24. The summed E-state index contributed by atoms with van der Waals surface area (Å²) in [5, 5.41) is 2.68. The molecule has 2 heterocycles. The van der Waals surface area contributed by atoms with Gasteiger partial charge in [0, 0.05) is 25.7 Å². The van der Waals surface area contributed by atoms with Crippen LogP contribution in [0.3, 0.4) is 0 Å². The van der Waals surface area contributed by atoms with Crippen LogP contribution in [-0.2, 0) is 27.3 Å². The van der Waals surface area contributed by atoms with Crippen molar-refractivity contribution in [2.24, 2.45) is 0 Å². The number of imide groups is 1. The average molecular weight is 423 g/mol. The molecule has 2 aromatic carbocycles. The number of carbonyl (C=O) groups is 3. The maximum atomic E-state index is 13.2. The Bertz CT molecular complexity index is 1030. The van der Waals surface area contributed by atoms with Crippen LogP contribution in [0.15, 0.2) is 36.4 Å². The number of hydrogen-bond acceptors (Lipinski definition) is 6. The van der Waals surface area contributed by atoms with Gasteiger partial charge in [0.25, 0.3) is 5.91 Å². The molecule has 8 heteroatoms. The van der Waals surface area contributed by atoms with Crippen LogP contribution in [0.1, 0.15) is 24.5 Å². The smallest absolute Gasteiger partial charge is 0.251 e. The number of nitrogens with one attached hydrogen (secondary N) is 1. The molecule has 1 fully saturated rings. The third-order valence-electron chi connectivity index (χ3n) is 5.76. The van der Waals surface area contributed by atoms with E-state index in [0.29, 0.717) is 36.0 Å². The molecule has 8 nitrogen and oxygen atoms in total. The molecule has 0 aliphatic carbocycles. The standard InChI is InChI=1S/C23H25N3O5/c1-14(27)24-17-4-6-18(7-5-17)26-22(28)12-19(23(26)29)25-9-8-15-10-20(30-2)21(31-3)11-16(15)13-25/h4-7,10-11,19H,8-9,12-13H2,1-3H3,(H,24,27)/t19-/m0/s1. The zero-order valence-electron chi connectivity index (χ0n) is 17.8. The number of fused-ring (bicyclic) bond motifs is 1. The number of benzene rings is 2. The molecule has 0 saturated carbocycles. The van der Waals surface area contributed by atoms with E-state index in [2.05, 4.69) is 10.2 Å². The van der Waals surface area contributed by atoms with Crippen molar-refractivity contribution in [1.29, 1.82) is 0 Å². The summed E-state index contributed by atoms with van der Waals surface area (Å²) in [5.41, 5.74) is 3.36. The number of ether oxygens (including phenoxy) is 2. The first kappa shape index (κ1) is 20.9. The molecule has 162 valence electrons. The first-order valence-electron chi connectivity index (χ1n) is 10.1. The molecule has 1 saturated heterocycles. The van der Waals surface area contributed by atoms with Gasteiger partial charge < -0.3 is 14.8 Å². The van der Waals surface area contributed by atoms with E-state index >= 15 is 0 Å². The number of amides is 3. The third kappa shape index (κ3) is 3.98. The Morgan fingerprint density at radius 2 is 1.68 bits per heavy atom. The molecule has 31 heavy (non-hydrogen) atoms. The highest BCUT2D eigenvalue weighted by Crippen LogP contribution is 2.35. The summed E-state index contributed by atoms with van der Waals surface area (Å²) in [6, 6.07) is 10.1. The first-order chi connectivity index (χ1) is 14.9. The van der Waals surface area contributed by atoms with Gasteiger partial charge >= 0.3 is 0 Å². The van der Waals surface area contributed by atoms with Crippen molar-refractivity contribution < 1.29 is 23.9 Å². The SMILES string of the molecule is COc1cc2c(cc1OC)CN([C@H]1CC(=O)N(c3ccc(NC(C)=O)cc3)C1=O)CC2. The molecule has 0 spiro atoms. The van der Waals surface area contributed by atoms with E-state index in [-0.39, 0.29) is 24.1 Å². The minimum Gasteiger partial charge on any atom is -0.493 e. The molecule has 3 amide bonds. The van der Waals surface area contributed by atoms with Crippen molar-refractivity contribution in [3.63, 3.8) is 0 Å². The van der Waals surface area contributed by atoms with Crippen molar-refractivity contribution >= 4 is 29.1 Å². The molecule has 2 aliphatic rings. The lowest BCUT2D eigenvalue weighted by atomic mass is 9.97. The number of methoxy groups -OCH3 is 2. The van der Waals surface area contributed by atoms with Gasteiger partial charge in [0.2, 0.25) is 11.8 Å². The summed E-state index contributed by atoms with van der Waals surface area (Å²) >= 11 is 0. The van der Waals surface area contributed by atoms with E-state index in [4.69, 9.17) is 9.47 Å². The second-order valence-electron chi connectivity index (χ2n) is 7.71. The molecule has 2 aliphatic heterocycles. The van der Waals surface area contributed by atoms with Crippen LogP contribution in [0.4, 0.5) is 11.4 Å². The minimum atomic E-state index is -0.497. The maximum absolute atomic E-state index is 13.2. The lowest BCUT2D eigenvalue weighted by Gasteiger charge is -2.32. The fraction of sp³-hybridized carbons (Fsp3) is 0.348. The summed E-state index contributed by atoms with van der Waals surface area (Å²) in [6.45, 7) is 2.67. The number of rotatable bonds is 5. The Kier molecular flexibility index (Phi) is 5.65. The number of hydrogen-bond donors (Lipinski definition) is 1. The molecule has 0 radical (unpaired) electrons. The van der Waals surface area contributed by atoms with Crippen LogP contribution >= 0.6 is 0 Å². The van der Waals surface area contributed by atoms with Crippen LogP contribution in [0.5, 0.6) is 11.5 Å². The predicted molar refractivity (Wildman–Crippen MR) is 115 cm³/mol. The zero-order chi connectivity index (χ0) is 22.1. The molecule has 1 atom stereocenters. The number of nitrogens with zero attached hydrogens (tertiary/aromatic N) is 2. The summed E-state index contributed by atoms with van der Waals surface area (Å²) in [6.07, 6.45) is 0.911. The topological polar surface area (TPSA) is 88.2 Å². The fourth-order valence-corrected chi connectivity index (χ4v) is 4.24. The van der Waals surface area contributed by atoms with E-state index in [1.165, 1.54) is 11.8 Å². The van der Waals surface area contributed by atoms with Gasteiger partial charge in [0.1, 0.15) is 0 Å². The molecule has 1 N–H and O–H groups in total. The van der Waals surface area contributed by atoms with Gasteiger partial charge in [-0.15, -0.1) is 0 Å². The molecular formula is C23H25N3O5. The maximum Gasteiger partial charge on any atom is 0.251 e. The van der Waals surface area contributed by atoms with E-state index in [1.54, 1.807) is 38.5 Å². The Morgan fingerprint density at radius 1 is 1.03 bits per heavy atom. The van der Waals surface area contributed by atoms with Gasteiger partial charge in [-0.3, -0.25) is 19.3 Å². The largest absolute Gasteiger partial charge is 0.493 e. The lowest BCUT2D eigenvalue weighted by Crippen LogP contribution is -2.44. The van der Waals surface area contributed by atoms with Crippen LogP contribution < -0.4 is 19.7 Å². The zero-order valence-corrected chi connectivity index (χ0v) is 17.8. The number of carbonyl (C=O) groups excluding carboxylic acids is 3. The Balaban J connectivity index is 1.52. The van der Waals surface area contributed by atoms with Gasteiger partial charge in [0.15, 0.2) is 11.5 Å².